The van der Waals surface area contributed by atoms with Gasteiger partial charge in [0.25, 0.3) is 0 Å². The van der Waals surface area contributed by atoms with Crippen molar-refractivity contribution in [2.45, 2.75) is 25.2 Å². The highest BCUT2D eigenvalue weighted by atomic mass is 16.5. The number of benzene rings is 1. The van der Waals surface area contributed by atoms with Crippen LogP contribution in [0.15, 0.2) is 34.9 Å². The maximum atomic E-state index is 5.48. The second-order valence-electron chi connectivity index (χ2n) is 6.53. The minimum atomic E-state index is 0.312. The molecule has 2 aromatic rings. The van der Waals surface area contributed by atoms with Crippen molar-refractivity contribution < 1.29 is 14.0 Å². The zero-order valence-corrected chi connectivity index (χ0v) is 15.6. The van der Waals surface area contributed by atoms with E-state index in [1.165, 1.54) is 0 Å². The van der Waals surface area contributed by atoms with Gasteiger partial charge < -0.3 is 14.0 Å². The molecule has 0 aliphatic carbocycles. The maximum absolute atomic E-state index is 5.48. The molecular weight excluding hydrogens is 330 g/mol. The van der Waals surface area contributed by atoms with Gasteiger partial charge in [0.2, 0.25) is 5.89 Å². The molecule has 1 aromatic carbocycles. The van der Waals surface area contributed by atoms with Crippen molar-refractivity contribution in [2.24, 2.45) is 0 Å². The fourth-order valence-corrected chi connectivity index (χ4v) is 3.28. The van der Waals surface area contributed by atoms with E-state index in [1.54, 1.807) is 14.2 Å². The number of methoxy groups -OCH3 is 2. The van der Waals surface area contributed by atoms with Crippen LogP contribution in [-0.4, -0.2) is 55.5 Å². The number of aromatic nitrogens is 2. The molecule has 0 N–H and O–H groups in total. The Morgan fingerprint density at radius 3 is 3.04 bits per heavy atom. The third kappa shape index (κ3) is 4.93. The lowest BCUT2D eigenvalue weighted by atomic mass is 9.98. The minimum Gasteiger partial charge on any atom is -0.496 e. The van der Waals surface area contributed by atoms with Crippen molar-refractivity contribution in [1.82, 2.24) is 15.0 Å². The van der Waals surface area contributed by atoms with E-state index >= 15 is 0 Å². The molecule has 6 heteroatoms. The molecule has 1 fully saturated rings. The van der Waals surface area contributed by atoms with Gasteiger partial charge in [0.05, 0.1) is 19.6 Å². The van der Waals surface area contributed by atoms with E-state index in [4.69, 9.17) is 14.0 Å². The van der Waals surface area contributed by atoms with Gasteiger partial charge in [-0.3, -0.25) is 4.90 Å². The van der Waals surface area contributed by atoms with Crippen molar-refractivity contribution in [3.63, 3.8) is 0 Å². The molecule has 1 atom stereocenters. The summed E-state index contributed by atoms with van der Waals surface area (Å²) in [6.45, 7) is 3.56. The molecular formula is C20H27N3O3. The summed E-state index contributed by atoms with van der Waals surface area (Å²) in [5, 5.41) is 4.06. The van der Waals surface area contributed by atoms with E-state index in [0.717, 1.165) is 55.5 Å². The Labute approximate surface area is 154 Å². The summed E-state index contributed by atoms with van der Waals surface area (Å²) in [5.41, 5.74) is 1.10. The largest absolute Gasteiger partial charge is 0.496 e. The summed E-state index contributed by atoms with van der Waals surface area (Å²) in [6.07, 6.45) is 7.25. The lowest BCUT2D eigenvalue weighted by molar-refractivity contribution is 0.198. The van der Waals surface area contributed by atoms with E-state index < -0.39 is 0 Å². The number of para-hydroxylation sites is 1. The monoisotopic (exact) mass is 357 g/mol. The minimum absolute atomic E-state index is 0.312. The van der Waals surface area contributed by atoms with Gasteiger partial charge in [-0.25, -0.2) is 0 Å². The predicted octanol–water partition coefficient (Wildman–Crippen LogP) is 3.16. The topological polar surface area (TPSA) is 60.6 Å². The molecule has 1 aromatic heterocycles. The fourth-order valence-electron chi connectivity index (χ4n) is 3.28. The van der Waals surface area contributed by atoms with E-state index in [0.29, 0.717) is 18.9 Å². The lowest BCUT2D eigenvalue weighted by Gasteiger charge is -2.29. The predicted molar refractivity (Wildman–Crippen MR) is 100 cm³/mol. The Morgan fingerprint density at radius 2 is 2.19 bits per heavy atom. The van der Waals surface area contributed by atoms with Crippen LogP contribution in [0.4, 0.5) is 0 Å². The Kier molecular flexibility index (Phi) is 6.80. The summed E-state index contributed by atoms with van der Waals surface area (Å²) in [7, 11) is 3.38. The van der Waals surface area contributed by atoms with Crippen LogP contribution in [0.2, 0.25) is 0 Å². The van der Waals surface area contributed by atoms with Gasteiger partial charge in [-0.15, -0.1) is 0 Å². The van der Waals surface area contributed by atoms with Crippen LogP contribution in [0.3, 0.4) is 0 Å². The second kappa shape index (κ2) is 9.50. The normalized spacial score (nSPS) is 18.5. The lowest BCUT2D eigenvalue weighted by Crippen LogP contribution is -2.34. The zero-order valence-electron chi connectivity index (χ0n) is 15.6. The molecule has 6 nitrogen and oxygen atoms in total. The number of hydrogen-bond acceptors (Lipinski definition) is 6. The van der Waals surface area contributed by atoms with Crippen LogP contribution >= 0.6 is 0 Å². The van der Waals surface area contributed by atoms with E-state index in [9.17, 15) is 0 Å². The van der Waals surface area contributed by atoms with Gasteiger partial charge in [0, 0.05) is 32.2 Å². The first-order valence-electron chi connectivity index (χ1n) is 9.13. The van der Waals surface area contributed by atoms with Crippen LogP contribution in [0, 0.1) is 0 Å². The van der Waals surface area contributed by atoms with Gasteiger partial charge in [-0.2, -0.15) is 4.98 Å². The van der Waals surface area contributed by atoms with Gasteiger partial charge in [-0.1, -0.05) is 35.5 Å². The smallest absolute Gasteiger partial charge is 0.231 e. The molecule has 0 spiro atoms. The van der Waals surface area contributed by atoms with Crippen LogP contribution in [0.5, 0.6) is 5.75 Å². The van der Waals surface area contributed by atoms with E-state index in [2.05, 4.69) is 33.3 Å². The number of ether oxygens (including phenoxy) is 2. The fraction of sp³-hybridized carbons (Fsp3) is 0.500. The number of nitrogens with zero attached hydrogens (tertiary/aromatic N) is 3. The van der Waals surface area contributed by atoms with Gasteiger partial charge >= 0.3 is 0 Å². The molecule has 3 rings (SSSR count). The van der Waals surface area contributed by atoms with E-state index in [1.807, 2.05) is 18.2 Å². The Morgan fingerprint density at radius 1 is 1.31 bits per heavy atom. The Bertz CT molecular complexity index is 714. The molecule has 0 bridgehead atoms. The first-order chi connectivity index (χ1) is 12.8. The summed E-state index contributed by atoms with van der Waals surface area (Å²) in [5.74, 6) is 2.70. The number of hydrogen-bond donors (Lipinski definition) is 0. The maximum Gasteiger partial charge on any atom is 0.231 e. The zero-order chi connectivity index (χ0) is 18.2. The molecule has 26 heavy (non-hydrogen) atoms. The van der Waals surface area contributed by atoms with Crippen LogP contribution < -0.4 is 4.74 Å². The van der Waals surface area contributed by atoms with Crippen molar-refractivity contribution in [3.8, 4) is 5.75 Å². The molecule has 140 valence electrons. The van der Waals surface area contributed by atoms with Crippen LogP contribution in [0.25, 0.3) is 6.08 Å². The molecule has 0 amide bonds. The molecule has 0 radical (unpaired) electrons. The van der Waals surface area contributed by atoms with Gasteiger partial charge in [0.1, 0.15) is 5.75 Å². The first kappa shape index (κ1) is 18.6. The highest BCUT2D eigenvalue weighted by molar-refractivity contribution is 5.57. The molecule has 1 aliphatic heterocycles. The van der Waals surface area contributed by atoms with Gasteiger partial charge in [0.15, 0.2) is 5.82 Å². The Hall–Kier alpha value is -2.18. The summed E-state index contributed by atoms with van der Waals surface area (Å²) in [6, 6.07) is 8.05. The summed E-state index contributed by atoms with van der Waals surface area (Å²) < 4.78 is 15.9. The summed E-state index contributed by atoms with van der Waals surface area (Å²) in [4.78, 5) is 6.97. The van der Waals surface area contributed by atoms with Crippen molar-refractivity contribution in [3.05, 3.63) is 47.6 Å². The number of likely N-dealkylation sites (tertiary alicyclic amines) is 1. The quantitative estimate of drug-likeness (QED) is 0.723. The first-order valence-corrected chi connectivity index (χ1v) is 9.13. The van der Waals surface area contributed by atoms with Crippen molar-refractivity contribution >= 4 is 6.08 Å². The number of piperidine rings is 1. The van der Waals surface area contributed by atoms with Gasteiger partial charge in [-0.05, 0) is 25.5 Å². The average Bonchev–Trinajstić information content (AvgIpc) is 3.16. The third-order valence-electron chi connectivity index (χ3n) is 4.67. The second-order valence-corrected chi connectivity index (χ2v) is 6.53. The highest BCUT2D eigenvalue weighted by Gasteiger charge is 2.25. The highest BCUT2D eigenvalue weighted by Crippen LogP contribution is 2.26. The average molecular weight is 357 g/mol. The Balaban J connectivity index is 1.55. The number of rotatable bonds is 8. The van der Waals surface area contributed by atoms with Crippen molar-refractivity contribution in [2.75, 3.05) is 40.5 Å². The van der Waals surface area contributed by atoms with Crippen LogP contribution in [-0.2, 0) is 11.2 Å². The molecule has 0 saturated carbocycles. The van der Waals surface area contributed by atoms with Crippen molar-refractivity contribution in [1.29, 1.82) is 0 Å². The SMILES string of the molecule is COCCc1noc([C@@H]2CCCN(C/C=C/c3ccccc3OC)C2)n1. The standard InChI is InChI=1S/C20H27N3O3/c1-24-14-11-19-21-20(26-22-19)17-9-6-13-23(15-17)12-5-8-16-7-3-4-10-18(16)25-2/h3-5,7-8,10,17H,6,9,11-15H2,1-2H3/b8-5+/t17-/m1/s1. The molecule has 2 heterocycles. The third-order valence-corrected chi connectivity index (χ3v) is 4.67. The molecule has 1 saturated heterocycles. The van der Waals surface area contributed by atoms with E-state index in [-0.39, 0.29) is 0 Å². The van der Waals surface area contributed by atoms with Crippen LogP contribution in [0.1, 0.15) is 36.0 Å². The molecule has 1 aliphatic rings. The molecule has 0 unspecified atom stereocenters. The summed E-state index contributed by atoms with van der Waals surface area (Å²) >= 11 is 0.